The van der Waals surface area contributed by atoms with Gasteiger partial charge in [-0.3, -0.25) is 0 Å². The lowest BCUT2D eigenvalue weighted by Crippen LogP contribution is -2.30. The van der Waals surface area contributed by atoms with Crippen LogP contribution < -0.4 is 0 Å². The number of aliphatic hydroxyl groups excluding tert-OH is 2. The van der Waals surface area contributed by atoms with Gasteiger partial charge in [0.1, 0.15) is 0 Å². The van der Waals surface area contributed by atoms with Crippen molar-refractivity contribution in [3.63, 3.8) is 0 Å². The quantitative estimate of drug-likeness (QED) is 0.808. The second kappa shape index (κ2) is 7.77. The molecule has 0 aliphatic carbocycles. The van der Waals surface area contributed by atoms with Crippen molar-refractivity contribution in [2.45, 2.75) is 65.0 Å². The number of aryl methyl sites for hydroxylation is 2. The van der Waals surface area contributed by atoms with Crippen LogP contribution in [0.1, 0.15) is 57.9 Å². The molecule has 1 fully saturated rings. The average molecular weight is 381 g/mol. The van der Waals surface area contributed by atoms with Crippen LogP contribution in [0, 0.1) is 13.8 Å². The summed E-state index contributed by atoms with van der Waals surface area (Å²) in [5, 5.41) is 20.5. The van der Waals surface area contributed by atoms with Gasteiger partial charge in [0.05, 0.1) is 24.9 Å². The third-order valence-corrected chi connectivity index (χ3v) is 6.40. The van der Waals surface area contributed by atoms with Crippen LogP contribution in [0.3, 0.4) is 0 Å². The first-order chi connectivity index (χ1) is 11.9. The van der Waals surface area contributed by atoms with Crippen LogP contribution in [0.15, 0.2) is 18.2 Å². The molecule has 1 aliphatic rings. The third-order valence-electron chi connectivity index (χ3n) is 4.89. The van der Waals surface area contributed by atoms with Gasteiger partial charge in [-0.2, -0.15) is 0 Å². The molecule has 0 radical (unpaired) electrons. The van der Waals surface area contributed by atoms with Crippen LogP contribution >= 0.6 is 22.9 Å². The molecule has 0 amide bonds. The Kier molecular flexibility index (Phi) is 5.86. The number of rotatable bonds is 4. The van der Waals surface area contributed by atoms with Crippen molar-refractivity contribution < 1.29 is 14.9 Å². The number of halogens is 1. The van der Waals surface area contributed by atoms with E-state index in [2.05, 4.69) is 19.9 Å². The van der Waals surface area contributed by atoms with Gasteiger partial charge in [0.2, 0.25) is 0 Å². The van der Waals surface area contributed by atoms with Crippen LogP contribution in [-0.2, 0) is 17.8 Å². The summed E-state index contributed by atoms with van der Waals surface area (Å²) in [6.45, 7) is 6.14. The molecule has 0 bridgehead atoms. The maximum Gasteiger partial charge on any atom is 0.0856 e. The Morgan fingerprint density at radius 1 is 1.20 bits per heavy atom. The van der Waals surface area contributed by atoms with Gasteiger partial charge in [-0.05, 0) is 61.6 Å². The fourth-order valence-electron chi connectivity index (χ4n) is 3.49. The zero-order valence-corrected chi connectivity index (χ0v) is 16.5. The van der Waals surface area contributed by atoms with E-state index in [0.29, 0.717) is 17.9 Å². The van der Waals surface area contributed by atoms with Gasteiger partial charge in [-0.25, -0.2) is 0 Å². The molecule has 5 heteroatoms. The highest BCUT2D eigenvalue weighted by atomic mass is 35.5. The molecule has 1 saturated heterocycles. The summed E-state index contributed by atoms with van der Waals surface area (Å²) in [4.78, 5) is 2.60. The number of hydrogen-bond donors (Lipinski definition) is 2. The first-order valence-electron chi connectivity index (χ1n) is 8.68. The lowest BCUT2D eigenvalue weighted by atomic mass is 9.91. The van der Waals surface area contributed by atoms with Crippen LogP contribution in [0.2, 0.25) is 5.02 Å². The SMILES string of the molecule is Cc1cc(Cc2cc(C3CC(O)CC(C)O3)c(CO)cc2Cl)sc1C. The molecule has 1 aliphatic heterocycles. The molecular formula is C20H25ClO3S. The van der Waals surface area contributed by atoms with Crippen LogP contribution in [0.5, 0.6) is 0 Å². The molecule has 2 N–H and O–H groups in total. The monoisotopic (exact) mass is 380 g/mol. The Balaban J connectivity index is 1.94. The van der Waals surface area contributed by atoms with Gasteiger partial charge < -0.3 is 14.9 Å². The Hall–Kier alpha value is -0.910. The first-order valence-corrected chi connectivity index (χ1v) is 9.88. The van der Waals surface area contributed by atoms with E-state index in [1.54, 1.807) is 11.3 Å². The highest BCUT2D eigenvalue weighted by molar-refractivity contribution is 7.12. The van der Waals surface area contributed by atoms with Crippen molar-refractivity contribution in [2.24, 2.45) is 0 Å². The van der Waals surface area contributed by atoms with E-state index in [1.165, 1.54) is 15.3 Å². The van der Waals surface area contributed by atoms with Crippen molar-refractivity contribution in [3.8, 4) is 0 Å². The van der Waals surface area contributed by atoms with Crippen molar-refractivity contribution in [1.82, 2.24) is 0 Å². The Bertz CT molecular complexity index is 726. The molecule has 0 spiro atoms. The van der Waals surface area contributed by atoms with Crippen molar-refractivity contribution in [2.75, 3.05) is 0 Å². The summed E-state index contributed by atoms with van der Waals surface area (Å²) in [6, 6.07) is 6.10. The van der Waals surface area contributed by atoms with E-state index in [-0.39, 0.29) is 24.9 Å². The van der Waals surface area contributed by atoms with E-state index in [4.69, 9.17) is 16.3 Å². The minimum atomic E-state index is -0.373. The summed E-state index contributed by atoms with van der Waals surface area (Å²) in [5.74, 6) is 0. The van der Waals surface area contributed by atoms with Crippen LogP contribution in [0.4, 0.5) is 0 Å². The summed E-state index contributed by atoms with van der Waals surface area (Å²) in [6.07, 6.45) is 1.39. The second-order valence-corrected chi connectivity index (χ2v) is 8.74. The fraction of sp³-hybridized carbons (Fsp3) is 0.500. The molecule has 3 nitrogen and oxygen atoms in total. The molecule has 3 unspecified atom stereocenters. The molecule has 1 aromatic carbocycles. The normalized spacial score (nSPS) is 23.8. The number of hydrogen-bond acceptors (Lipinski definition) is 4. The van der Waals surface area contributed by atoms with Crippen LogP contribution in [-0.4, -0.2) is 22.4 Å². The summed E-state index contributed by atoms with van der Waals surface area (Å²) >= 11 is 8.27. The first kappa shape index (κ1) is 18.9. The number of ether oxygens (including phenoxy) is 1. The van der Waals surface area contributed by atoms with Gasteiger partial charge in [0, 0.05) is 27.6 Å². The van der Waals surface area contributed by atoms with E-state index in [9.17, 15) is 10.2 Å². The summed E-state index contributed by atoms with van der Waals surface area (Å²) in [5.41, 5.74) is 4.05. The molecule has 25 heavy (non-hydrogen) atoms. The highest BCUT2D eigenvalue weighted by Gasteiger charge is 2.29. The molecule has 1 aromatic heterocycles. The lowest BCUT2D eigenvalue weighted by Gasteiger charge is -2.33. The van der Waals surface area contributed by atoms with E-state index in [1.807, 2.05) is 19.1 Å². The smallest absolute Gasteiger partial charge is 0.0856 e. The zero-order chi connectivity index (χ0) is 18.1. The van der Waals surface area contributed by atoms with Crippen LogP contribution in [0.25, 0.3) is 0 Å². The van der Waals surface area contributed by atoms with E-state index >= 15 is 0 Å². The van der Waals surface area contributed by atoms with Crippen molar-refractivity contribution >= 4 is 22.9 Å². The average Bonchev–Trinajstić information content (AvgIpc) is 2.86. The highest BCUT2D eigenvalue weighted by Crippen LogP contribution is 2.36. The number of aliphatic hydroxyl groups is 2. The number of benzene rings is 1. The Labute approximate surface area is 158 Å². The molecule has 2 heterocycles. The third kappa shape index (κ3) is 4.26. The predicted molar refractivity (Wildman–Crippen MR) is 103 cm³/mol. The molecule has 0 saturated carbocycles. The maximum atomic E-state index is 10.1. The summed E-state index contributed by atoms with van der Waals surface area (Å²) < 4.78 is 6.04. The van der Waals surface area contributed by atoms with Gasteiger partial charge in [0.25, 0.3) is 0 Å². The Morgan fingerprint density at radius 2 is 1.96 bits per heavy atom. The molecular weight excluding hydrogens is 356 g/mol. The predicted octanol–water partition coefficient (Wildman–Crippen LogP) is 4.70. The second-order valence-electron chi connectivity index (χ2n) is 6.99. The minimum absolute atomic E-state index is 0.00187. The van der Waals surface area contributed by atoms with Gasteiger partial charge in [0.15, 0.2) is 0 Å². The molecule has 136 valence electrons. The van der Waals surface area contributed by atoms with Gasteiger partial charge in [-0.15, -0.1) is 11.3 Å². The number of thiophene rings is 1. The fourth-order valence-corrected chi connectivity index (χ4v) is 4.82. The molecule has 2 aromatic rings. The van der Waals surface area contributed by atoms with Crippen molar-refractivity contribution in [3.05, 3.63) is 55.2 Å². The largest absolute Gasteiger partial charge is 0.393 e. The topological polar surface area (TPSA) is 49.7 Å². The zero-order valence-electron chi connectivity index (χ0n) is 14.9. The van der Waals surface area contributed by atoms with Gasteiger partial charge in [-0.1, -0.05) is 17.7 Å². The van der Waals surface area contributed by atoms with E-state index < -0.39 is 0 Å². The Morgan fingerprint density at radius 3 is 2.56 bits per heavy atom. The minimum Gasteiger partial charge on any atom is -0.393 e. The lowest BCUT2D eigenvalue weighted by molar-refractivity contribution is -0.0901. The maximum absolute atomic E-state index is 10.1. The standard InChI is InChI=1S/C20H25ClO3S/c1-11-4-17(25-13(11)3)6-14-7-18(15(10-22)8-19(14)21)20-9-16(23)5-12(2)24-20/h4,7-8,12,16,20,22-23H,5-6,9-10H2,1-3H3. The van der Waals surface area contributed by atoms with Crippen molar-refractivity contribution in [1.29, 1.82) is 0 Å². The van der Waals surface area contributed by atoms with E-state index in [0.717, 1.165) is 23.1 Å². The van der Waals surface area contributed by atoms with Gasteiger partial charge >= 0.3 is 0 Å². The molecule has 3 rings (SSSR count). The molecule has 3 atom stereocenters. The summed E-state index contributed by atoms with van der Waals surface area (Å²) in [7, 11) is 0.